The molecule has 4 heteroatoms. The molecule has 0 aromatic heterocycles. The summed E-state index contributed by atoms with van der Waals surface area (Å²) in [6.07, 6.45) is 8.29. The largest absolute Gasteiger partial charge is 0.395 e. The molecule has 0 aromatic rings. The maximum Gasteiger partial charge on any atom is 0.167 e. The fourth-order valence-corrected chi connectivity index (χ4v) is 9.06. The molecule has 5 aliphatic carbocycles. The summed E-state index contributed by atoms with van der Waals surface area (Å²) in [6, 6.07) is 0. The van der Waals surface area contributed by atoms with Gasteiger partial charge in [-0.3, -0.25) is 9.69 Å². The van der Waals surface area contributed by atoms with E-state index in [-0.39, 0.29) is 29.8 Å². The molecule has 0 aromatic carbocycles. The Bertz CT molecular complexity index is 706. The Morgan fingerprint density at radius 1 is 1.27 bits per heavy atom. The normalized spacial score (nSPS) is 57.4. The number of fused-ring (bicyclic) bond motifs is 2. The molecule has 8 fully saturated rings. The summed E-state index contributed by atoms with van der Waals surface area (Å²) in [7, 11) is 0. The van der Waals surface area contributed by atoms with Gasteiger partial charge in [0.05, 0.1) is 18.1 Å². The van der Waals surface area contributed by atoms with Crippen molar-refractivity contribution in [3.05, 3.63) is 12.2 Å². The highest BCUT2D eigenvalue weighted by Crippen LogP contribution is 2.77. The maximum atomic E-state index is 13.5. The van der Waals surface area contributed by atoms with Gasteiger partial charge in [0.1, 0.15) is 6.23 Å². The summed E-state index contributed by atoms with van der Waals surface area (Å²) in [6.45, 7) is 8.62. The third-order valence-corrected chi connectivity index (χ3v) is 9.81. The van der Waals surface area contributed by atoms with Crippen LogP contribution in [0.1, 0.15) is 51.9 Å². The van der Waals surface area contributed by atoms with Gasteiger partial charge in [-0.15, -0.1) is 0 Å². The predicted molar refractivity (Wildman–Crippen MR) is 97.2 cm³/mol. The Morgan fingerprint density at radius 3 is 2.92 bits per heavy atom. The van der Waals surface area contributed by atoms with Crippen molar-refractivity contribution in [2.45, 2.75) is 64.2 Å². The third kappa shape index (κ3) is 1.52. The van der Waals surface area contributed by atoms with Crippen LogP contribution in [0.3, 0.4) is 0 Å². The van der Waals surface area contributed by atoms with Crippen LogP contribution < -0.4 is 0 Å². The van der Waals surface area contributed by atoms with E-state index in [4.69, 9.17) is 4.74 Å². The van der Waals surface area contributed by atoms with Crippen molar-refractivity contribution < 1.29 is 14.6 Å². The van der Waals surface area contributed by atoms with Gasteiger partial charge in [0.2, 0.25) is 0 Å². The fourth-order valence-electron chi connectivity index (χ4n) is 9.06. The predicted octanol–water partition coefficient (Wildman–Crippen LogP) is 2.76. The fraction of sp³-hybridized carbons (Fsp3) is 0.864. The first-order valence-electron chi connectivity index (χ1n) is 10.7. The molecular formula is C22H31NO3. The van der Waals surface area contributed by atoms with Crippen molar-refractivity contribution in [2.24, 2.45) is 34.0 Å². The smallest absolute Gasteiger partial charge is 0.167 e. The minimum absolute atomic E-state index is 0.0637. The molecule has 26 heavy (non-hydrogen) atoms. The molecule has 8 rings (SSSR count). The van der Waals surface area contributed by atoms with E-state index in [1.165, 1.54) is 19.3 Å². The molecule has 4 nitrogen and oxygen atoms in total. The highest BCUT2D eigenvalue weighted by molar-refractivity contribution is 6.02. The summed E-state index contributed by atoms with van der Waals surface area (Å²) in [4.78, 5) is 15.9. The Kier molecular flexibility index (Phi) is 3.01. The topological polar surface area (TPSA) is 49.8 Å². The number of piperidine rings is 1. The lowest BCUT2D eigenvalue weighted by Gasteiger charge is -2.78. The zero-order valence-corrected chi connectivity index (χ0v) is 15.9. The number of β-amino-alcohol motifs (C(OH)–C–C–N with tert-alkyl or cyclic N) is 1. The Labute approximate surface area is 156 Å². The summed E-state index contributed by atoms with van der Waals surface area (Å²) in [5.41, 5.74) is 1.05. The molecule has 2 spiro atoms. The number of hydrogen-bond acceptors (Lipinski definition) is 4. The van der Waals surface area contributed by atoms with Crippen LogP contribution >= 0.6 is 0 Å². The molecule has 7 bridgehead atoms. The van der Waals surface area contributed by atoms with Gasteiger partial charge in [-0.25, -0.2) is 0 Å². The van der Waals surface area contributed by atoms with Crippen LogP contribution in [0.4, 0.5) is 0 Å². The number of likely N-dealkylation sites (tertiary alicyclic amines) is 1. The molecular weight excluding hydrogens is 326 g/mol. The van der Waals surface area contributed by atoms with E-state index in [0.717, 1.165) is 37.8 Å². The molecule has 3 unspecified atom stereocenters. The van der Waals surface area contributed by atoms with Crippen LogP contribution in [-0.2, 0) is 9.53 Å². The number of ketones is 1. The number of rotatable bonds is 2. The number of Topliss-reactive ketones (excluding diaryl/α,β-unsaturated/α-hetero) is 1. The Morgan fingerprint density at radius 2 is 2.12 bits per heavy atom. The van der Waals surface area contributed by atoms with E-state index in [2.05, 4.69) is 18.4 Å². The SMILES string of the molecule is C=C1C(=O)[C@]23CC[C@H]1CC2[C@@]12CCC[C@@]4(C)CN(CCO)C1O[C@@H]3CC42. The first-order valence-corrected chi connectivity index (χ1v) is 10.7. The van der Waals surface area contributed by atoms with E-state index in [0.29, 0.717) is 35.5 Å². The third-order valence-electron chi connectivity index (χ3n) is 9.81. The van der Waals surface area contributed by atoms with E-state index >= 15 is 0 Å². The van der Waals surface area contributed by atoms with Gasteiger partial charge in [0.25, 0.3) is 0 Å². The summed E-state index contributed by atoms with van der Waals surface area (Å²) in [5, 5.41) is 9.68. The first-order chi connectivity index (χ1) is 12.5. The molecule has 8 aliphatic rings. The lowest BCUT2D eigenvalue weighted by molar-refractivity contribution is -0.384. The second kappa shape index (κ2) is 4.82. The van der Waals surface area contributed by atoms with Gasteiger partial charge in [-0.2, -0.15) is 0 Å². The Hall–Kier alpha value is -0.710. The second-order valence-corrected chi connectivity index (χ2v) is 10.5. The number of aliphatic hydroxyl groups excluding tert-OH is 1. The highest BCUT2D eigenvalue weighted by atomic mass is 16.5. The number of nitrogens with zero attached hydrogens (tertiary/aromatic N) is 1. The molecule has 3 aliphatic heterocycles. The van der Waals surface area contributed by atoms with Crippen molar-refractivity contribution in [1.82, 2.24) is 4.90 Å². The van der Waals surface area contributed by atoms with Crippen LogP contribution in [-0.4, -0.2) is 47.8 Å². The average Bonchev–Trinajstić information content (AvgIpc) is 2.63. The summed E-state index contributed by atoms with van der Waals surface area (Å²) < 4.78 is 6.80. The lowest BCUT2D eigenvalue weighted by atomic mass is 9.32. The van der Waals surface area contributed by atoms with Crippen molar-refractivity contribution in [3.8, 4) is 0 Å². The first kappa shape index (κ1) is 16.3. The van der Waals surface area contributed by atoms with Crippen LogP contribution in [0.2, 0.25) is 0 Å². The number of allylic oxidation sites excluding steroid dienone is 1. The van der Waals surface area contributed by atoms with E-state index in [9.17, 15) is 9.90 Å². The summed E-state index contributed by atoms with van der Waals surface area (Å²) >= 11 is 0. The maximum absolute atomic E-state index is 13.5. The van der Waals surface area contributed by atoms with Gasteiger partial charge in [-0.1, -0.05) is 19.9 Å². The minimum Gasteiger partial charge on any atom is -0.395 e. The van der Waals surface area contributed by atoms with Crippen molar-refractivity contribution in [1.29, 1.82) is 0 Å². The van der Waals surface area contributed by atoms with Crippen molar-refractivity contribution in [2.75, 3.05) is 19.7 Å². The zero-order chi connectivity index (χ0) is 17.9. The molecule has 0 radical (unpaired) electrons. The molecule has 3 heterocycles. The lowest BCUT2D eigenvalue weighted by Crippen LogP contribution is -2.81. The number of aliphatic hydroxyl groups is 1. The number of carbonyl (C=O) groups is 1. The molecule has 8 atom stereocenters. The van der Waals surface area contributed by atoms with Gasteiger partial charge in [0, 0.05) is 18.5 Å². The highest BCUT2D eigenvalue weighted by Gasteiger charge is 2.79. The van der Waals surface area contributed by atoms with Crippen LogP contribution in [0, 0.1) is 34.0 Å². The van der Waals surface area contributed by atoms with Gasteiger partial charge in [0.15, 0.2) is 5.78 Å². The number of ether oxygens (including phenoxy) is 1. The number of carbonyl (C=O) groups excluding carboxylic acids is 1. The minimum atomic E-state index is -0.278. The van der Waals surface area contributed by atoms with Crippen LogP contribution in [0.15, 0.2) is 12.2 Å². The molecule has 142 valence electrons. The van der Waals surface area contributed by atoms with Crippen LogP contribution in [0.25, 0.3) is 0 Å². The van der Waals surface area contributed by atoms with Gasteiger partial charge in [-0.05, 0) is 67.3 Å². The van der Waals surface area contributed by atoms with Gasteiger partial charge >= 0.3 is 0 Å². The van der Waals surface area contributed by atoms with E-state index < -0.39 is 0 Å². The number of hydrogen-bond donors (Lipinski definition) is 1. The summed E-state index contributed by atoms with van der Waals surface area (Å²) in [5.74, 6) is 1.91. The van der Waals surface area contributed by atoms with E-state index in [1.54, 1.807) is 0 Å². The average molecular weight is 357 g/mol. The standard InChI is InChI=1S/C22H31NO3/c1-13-14-4-7-22(18(13)25)16(10-14)21-6-3-5-20(2)12-23(8-9-24)19(21)26-17(22)11-15(20)21/h14-17,19,24H,1,3-12H2,2H3/t14-,15?,16?,17+,19?,20-,21-,22+/m0/s1. The van der Waals surface area contributed by atoms with Gasteiger partial charge < -0.3 is 9.84 Å². The molecule has 3 saturated heterocycles. The van der Waals surface area contributed by atoms with Crippen molar-refractivity contribution >= 4 is 5.78 Å². The quantitative estimate of drug-likeness (QED) is 0.772. The van der Waals surface area contributed by atoms with Crippen LogP contribution in [0.5, 0.6) is 0 Å². The molecule has 5 saturated carbocycles. The molecule has 1 N–H and O–H groups in total. The zero-order valence-electron chi connectivity index (χ0n) is 15.9. The monoisotopic (exact) mass is 357 g/mol. The van der Waals surface area contributed by atoms with E-state index in [1.807, 2.05) is 0 Å². The van der Waals surface area contributed by atoms with Crippen molar-refractivity contribution in [3.63, 3.8) is 0 Å². The Balaban J connectivity index is 1.54. The second-order valence-electron chi connectivity index (χ2n) is 10.5. The molecule has 0 amide bonds.